The second kappa shape index (κ2) is 7.54. The van der Waals surface area contributed by atoms with Crippen LogP contribution in [0.1, 0.15) is 41.0 Å². The third-order valence-electron chi connectivity index (χ3n) is 3.17. The van der Waals surface area contributed by atoms with Crippen molar-refractivity contribution in [3.8, 4) is 5.75 Å². The molecule has 1 aromatic carbocycles. The van der Waals surface area contributed by atoms with E-state index in [1.54, 1.807) is 18.4 Å². The zero-order valence-corrected chi connectivity index (χ0v) is 13.6. The molecule has 1 atom stereocenters. The Bertz CT molecular complexity index is 581. The zero-order valence-electron chi connectivity index (χ0n) is 12.8. The minimum atomic E-state index is -0.0377. The average molecular weight is 306 g/mol. The van der Waals surface area contributed by atoms with Gasteiger partial charge in [-0.1, -0.05) is 25.1 Å². The molecule has 21 heavy (non-hydrogen) atoms. The highest BCUT2D eigenvalue weighted by Crippen LogP contribution is 2.26. The highest BCUT2D eigenvalue weighted by Gasteiger charge is 2.15. The molecule has 2 aromatic rings. The van der Waals surface area contributed by atoms with E-state index in [-0.39, 0.29) is 6.04 Å². The summed E-state index contributed by atoms with van der Waals surface area (Å²) in [5, 5.41) is 0.931. The van der Waals surface area contributed by atoms with Gasteiger partial charge in [0.1, 0.15) is 17.4 Å². The molecule has 0 aliphatic carbocycles. The number of nitrogens with two attached hydrogens (primary N) is 1. The van der Waals surface area contributed by atoms with Crippen LogP contribution in [0, 0.1) is 0 Å². The summed E-state index contributed by atoms with van der Waals surface area (Å²) in [6, 6.07) is 8.06. The third kappa shape index (κ3) is 4.03. The van der Waals surface area contributed by atoms with Crippen LogP contribution in [0.5, 0.6) is 5.75 Å². The van der Waals surface area contributed by atoms with Gasteiger partial charge in [0.05, 0.1) is 12.3 Å². The van der Waals surface area contributed by atoms with Crippen molar-refractivity contribution in [2.75, 3.05) is 7.11 Å². The lowest BCUT2D eigenvalue weighted by atomic mass is 10.1. The Morgan fingerprint density at radius 3 is 2.71 bits per heavy atom. The molecule has 1 heterocycles. The molecule has 4 nitrogen and oxygen atoms in total. The van der Waals surface area contributed by atoms with Crippen LogP contribution >= 0.6 is 11.3 Å². The summed E-state index contributed by atoms with van der Waals surface area (Å²) in [7, 11) is 1.66. The molecule has 1 aromatic heterocycles. The van der Waals surface area contributed by atoms with Gasteiger partial charge < -0.3 is 15.2 Å². The molecule has 0 radical (unpaired) electrons. The first kappa shape index (κ1) is 15.9. The normalized spacial score (nSPS) is 12.4. The summed E-state index contributed by atoms with van der Waals surface area (Å²) in [4.78, 5) is 5.65. The average Bonchev–Trinajstić information content (AvgIpc) is 2.89. The van der Waals surface area contributed by atoms with E-state index in [9.17, 15) is 0 Å². The Balaban J connectivity index is 2.11. The lowest BCUT2D eigenvalue weighted by molar-refractivity contribution is 0.180. The summed E-state index contributed by atoms with van der Waals surface area (Å²) in [6.07, 6.45) is 0.952. The fraction of sp³-hybridized carbons (Fsp3) is 0.438. The Morgan fingerprint density at radius 2 is 2.05 bits per heavy atom. The maximum absolute atomic E-state index is 5.99. The van der Waals surface area contributed by atoms with E-state index in [1.165, 1.54) is 5.56 Å². The van der Waals surface area contributed by atoms with E-state index >= 15 is 0 Å². The molecule has 0 saturated carbocycles. The van der Waals surface area contributed by atoms with Gasteiger partial charge in [-0.25, -0.2) is 4.98 Å². The first-order valence-corrected chi connectivity index (χ1v) is 7.91. The van der Waals surface area contributed by atoms with Gasteiger partial charge in [-0.2, -0.15) is 0 Å². The monoisotopic (exact) mass is 306 g/mol. The van der Waals surface area contributed by atoms with Crippen molar-refractivity contribution in [2.45, 2.75) is 39.5 Å². The lowest BCUT2D eigenvalue weighted by Gasteiger charge is -2.08. The van der Waals surface area contributed by atoms with Gasteiger partial charge in [-0.05, 0) is 25.0 Å². The van der Waals surface area contributed by atoms with Gasteiger partial charge in [0.25, 0.3) is 0 Å². The first-order chi connectivity index (χ1) is 10.2. The SMILES string of the molecule is CCc1ccccc1OCc1nc(COC)c(C(C)N)s1. The molecule has 5 heteroatoms. The molecule has 0 aliphatic rings. The third-order valence-corrected chi connectivity index (χ3v) is 4.44. The second-order valence-electron chi connectivity index (χ2n) is 4.89. The van der Waals surface area contributed by atoms with Gasteiger partial charge in [0, 0.05) is 18.0 Å². The fourth-order valence-corrected chi connectivity index (χ4v) is 3.08. The minimum absolute atomic E-state index is 0.0377. The molecule has 0 amide bonds. The number of hydrogen-bond donors (Lipinski definition) is 1. The quantitative estimate of drug-likeness (QED) is 0.851. The summed E-state index contributed by atoms with van der Waals surface area (Å²) < 4.78 is 11.1. The second-order valence-corrected chi connectivity index (χ2v) is 6.01. The molecule has 0 spiro atoms. The molecule has 0 fully saturated rings. The topological polar surface area (TPSA) is 57.4 Å². The van der Waals surface area contributed by atoms with Gasteiger partial charge in [-0.3, -0.25) is 0 Å². The van der Waals surface area contributed by atoms with Gasteiger partial charge in [-0.15, -0.1) is 11.3 Å². The maximum Gasteiger partial charge on any atom is 0.140 e. The van der Waals surface area contributed by atoms with E-state index in [0.717, 1.165) is 27.7 Å². The van der Waals surface area contributed by atoms with Gasteiger partial charge >= 0.3 is 0 Å². The number of thiazole rings is 1. The number of aromatic nitrogens is 1. The van der Waals surface area contributed by atoms with E-state index in [1.807, 2.05) is 25.1 Å². The summed E-state index contributed by atoms with van der Waals surface area (Å²) >= 11 is 1.60. The summed E-state index contributed by atoms with van der Waals surface area (Å²) in [5.74, 6) is 0.922. The van der Waals surface area contributed by atoms with Gasteiger partial charge in [0.15, 0.2) is 0 Å². The number of para-hydroxylation sites is 1. The van der Waals surface area contributed by atoms with Crippen LogP contribution in [-0.4, -0.2) is 12.1 Å². The van der Waals surface area contributed by atoms with E-state index in [0.29, 0.717) is 13.2 Å². The first-order valence-electron chi connectivity index (χ1n) is 7.09. The van der Waals surface area contributed by atoms with Crippen molar-refractivity contribution >= 4 is 11.3 Å². The maximum atomic E-state index is 5.99. The highest BCUT2D eigenvalue weighted by atomic mass is 32.1. The number of hydrogen-bond acceptors (Lipinski definition) is 5. The van der Waals surface area contributed by atoms with Crippen molar-refractivity contribution in [1.29, 1.82) is 0 Å². The molecule has 0 bridgehead atoms. The van der Waals surface area contributed by atoms with E-state index < -0.39 is 0 Å². The van der Waals surface area contributed by atoms with Crippen molar-refractivity contribution < 1.29 is 9.47 Å². The molecule has 2 rings (SSSR count). The van der Waals surface area contributed by atoms with Crippen LogP contribution < -0.4 is 10.5 Å². The van der Waals surface area contributed by atoms with E-state index in [4.69, 9.17) is 15.2 Å². The van der Waals surface area contributed by atoms with Crippen LogP contribution in [-0.2, 0) is 24.4 Å². The molecule has 114 valence electrons. The van der Waals surface area contributed by atoms with Crippen molar-refractivity contribution in [2.24, 2.45) is 5.73 Å². The highest BCUT2D eigenvalue weighted by molar-refractivity contribution is 7.11. The molecule has 2 N–H and O–H groups in total. The Hall–Kier alpha value is -1.43. The van der Waals surface area contributed by atoms with E-state index in [2.05, 4.69) is 18.0 Å². The predicted octanol–water partition coefficient (Wildman–Crippen LogP) is 3.45. The number of nitrogens with zero attached hydrogens (tertiary/aromatic N) is 1. The van der Waals surface area contributed by atoms with Crippen LogP contribution in [0.4, 0.5) is 0 Å². The summed E-state index contributed by atoms with van der Waals surface area (Å²) in [5.41, 5.74) is 8.11. The van der Waals surface area contributed by atoms with Crippen LogP contribution in [0.2, 0.25) is 0 Å². The largest absolute Gasteiger partial charge is 0.486 e. The fourth-order valence-electron chi connectivity index (χ4n) is 2.15. The zero-order chi connectivity index (χ0) is 15.2. The number of ether oxygens (including phenoxy) is 2. The van der Waals surface area contributed by atoms with Crippen molar-refractivity contribution in [1.82, 2.24) is 4.98 Å². The molecule has 1 unspecified atom stereocenters. The van der Waals surface area contributed by atoms with Gasteiger partial charge in [0.2, 0.25) is 0 Å². The van der Waals surface area contributed by atoms with Crippen LogP contribution in [0.15, 0.2) is 24.3 Å². The minimum Gasteiger partial charge on any atom is -0.486 e. The van der Waals surface area contributed by atoms with Crippen LogP contribution in [0.25, 0.3) is 0 Å². The van der Waals surface area contributed by atoms with Crippen LogP contribution in [0.3, 0.4) is 0 Å². The summed E-state index contributed by atoms with van der Waals surface area (Å²) in [6.45, 7) is 5.03. The lowest BCUT2D eigenvalue weighted by Crippen LogP contribution is -2.06. The Labute approximate surface area is 129 Å². The van der Waals surface area contributed by atoms with Crippen molar-refractivity contribution in [3.63, 3.8) is 0 Å². The smallest absolute Gasteiger partial charge is 0.140 e. The molecule has 0 aliphatic heterocycles. The standard InChI is InChI=1S/C16H22N2O2S/c1-4-12-7-5-6-8-14(12)20-10-15-18-13(9-19-3)16(21-15)11(2)17/h5-8,11H,4,9-10,17H2,1-3H3. The van der Waals surface area contributed by atoms with Crippen molar-refractivity contribution in [3.05, 3.63) is 45.4 Å². The molecular formula is C16H22N2O2S. The Kier molecular flexibility index (Phi) is 5.73. The number of aryl methyl sites for hydroxylation is 1. The number of rotatable bonds is 7. The molecule has 0 saturated heterocycles. The Morgan fingerprint density at radius 1 is 1.29 bits per heavy atom. The number of methoxy groups -OCH3 is 1. The number of benzene rings is 1. The molecular weight excluding hydrogens is 284 g/mol. The predicted molar refractivity (Wildman–Crippen MR) is 85.6 cm³/mol.